The summed E-state index contributed by atoms with van der Waals surface area (Å²) in [4.78, 5) is 12.2. The Morgan fingerprint density at radius 2 is 1.23 bits per heavy atom. The Hall–Kier alpha value is 0.910. The van der Waals surface area contributed by atoms with E-state index in [-0.39, 0.29) is 17.7 Å². The second kappa shape index (κ2) is 17.3. The molecule has 0 aromatic rings. The predicted molar refractivity (Wildman–Crippen MR) is 171 cm³/mol. The van der Waals surface area contributed by atoms with Crippen molar-refractivity contribution in [3.8, 4) is 0 Å². The fourth-order valence-corrected chi connectivity index (χ4v) is 9.59. The second-order valence-corrected chi connectivity index (χ2v) is 14.5. The van der Waals surface area contributed by atoms with Crippen LogP contribution in [0.3, 0.4) is 0 Å². The molecule has 0 saturated heterocycles. The molecule has 1 saturated carbocycles. The van der Waals surface area contributed by atoms with Gasteiger partial charge in [0.15, 0.2) is 4.33 Å². The van der Waals surface area contributed by atoms with Gasteiger partial charge in [-0.15, -0.1) is 23.2 Å². The number of nitrogens with zero attached hydrogens (tertiary/aromatic N) is 1. The van der Waals surface area contributed by atoms with Crippen molar-refractivity contribution in [2.75, 3.05) is 26.3 Å². The van der Waals surface area contributed by atoms with E-state index in [9.17, 15) is 4.79 Å². The van der Waals surface area contributed by atoms with Crippen LogP contribution in [0.2, 0.25) is 0 Å². The van der Waals surface area contributed by atoms with Crippen LogP contribution >= 0.6 is 69.6 Å². The average molecular weight is 668 g/mol. The number of carbonyl (C=O) groups excluding carboxylic acids is 1. The highest BCUT2D eigenvalue weighted by Crippen LogP contribution is 2.77. The third-order valence-corrected chi connectivity index (χ3v) is 13.0. The van der Waals surface area contributed by atoms with Gasteiger partial charge in [0, 0.05) is 32.7 Å². The van der Waals surface area contributed by atoms with Gasteiger partial charge in [-0.1, -0.05) is 118 Å². The van der Waals surface area contributed by atoms with Gasteiger partial charge in [0.2, 0.25) is 5.91 Å². The zero-order chi connectivity index (χ0) is 29.1. The van der Waals surface area contributed by atoms with Gasteiger partial charge in [-0.05, 0) is 51.4 Å². The molecule has 0 aliphatic heterocycles. The summed E-state index contributed by atoms with van der Waals surface area (Å²) in [6, 6.07) is 0. The van der Waals surface area contributed by atoms with Gasteiger partial charge in [-0.2, -0.15) is 0 Å². The van der Waals surface area contributed by atoms with E-state index in [0.717, 1.165) is 83.9 Å². The van der Waals surface area contributed by atoms with Gasteiger partial charge < -0.3 is 9.64 Å². The Labute approximate surface area is 267 Å². The molecule has 1 amide bonds. The second-order valence-electron chi connectivity index (χ2n) is 11.2. The molecule has 0 spiro atoms. The Balaban J connectivity index is 1.84. The molecule has 0 unspecified atom stereocenters. The van der Waals surface area contributed by atoms with Gasteiger partial charge in [0.1, 0.15) is 9.75 Å². The lowest BCUT2D eigenvalue weighted by molar-refractivity contribution is -0.131. The van der Waals surface area contributed by atoms with Gasteiger partial charge in [-0.3, -0.25) is 4.79 Å². The van der Waals surface area contributed by atoms with Crippen LogP contribution in [0.15, 0.2) is 10.1 Å². The zero-order valence-corrected chi connectivity index (χ0v) is 28.7. The third-order valence-electron chi connectivity index (χ3n) is 8.68. The van der Waals surface area contributed by atoms with E-state index in [0.29, 0.717) is 23.1 Å². The number of alkyl halides is 4. The summed E-state index contributed by atoms with van der Waals surface area (Å²) in [7, 11) is 0. The fraction of sp³-hybridized carbons (Fsp3) is 0.900. The van der Waals surface area contributed by atoms with Crippen LogP contribution in [0.5, 0.6) is 0 Å². The minimum atomic E-state index is -1.46. The van der Waals surface area contributed by atoms with E-state index in [1.807, 2.05) is 18.7 Å². The van der Waals surface area contributed by atoms with E-state index in [4.69, 9.17) is 74.3 Å². The molecule has 2 bridgehead atoms. The van der Waals surface area contributed by atoms with Gasteiger partial charge in [-0.25, -0.2) is 0 Å². The molecule has 1 fully saturated rings. The minimum absolute atomic E-state index is 0.0202. The number of allylic oxidation sites excluding steroid dienone is 2. The maximum atomic E-state index is 12.6. The Morgan fingerprint density at radius 3 is 1.72 bits per heavy atom. The highest BCUT2D eigenvalue weighted by molar-refractivity contribution is 6.65. The molecule has 2 aliphatic carbocycles. The summed E-state index contributed by atoms with van der Waals surface area (Å²) in [6.07, 6.45) is 15.4. The van der Waals surface area contributed by atoms with Gasteiger partial charge >= 0.3 is 0 Å². The fourth-order valence-electron chi connectivity index (χ4n) is 6.44. The van der Waals surface area contributed by atoms with Crippen molar-refractivity contribution in [2.45, 2.75) is 131 Å². The molecule has 0 heterocycles. The van der Waals surface area contributed by atoms with Crippen LogP contribution in [-0.2, 0) is 9.53 Å². The monoisotopic (exact) mass is 665 g/mol. The lowest BCUT2D eigenvalue weighted by Gasteiger charge is -2.37. The lowest BCUT2D eigenvalue weighted by atomic mass is 9.76. The first-order valence-corrected chi connectivity index (χ1v) is 17.5. The van der Waals surface area contributed by atoms with Crippen LogP contribution in [0.4, 0.5) is 0 Å². The Morgan fingerprint density at radius 1 is 0.744 bits per heavy atom. The third kappa shape index (κ3) is 8.10. The number of hydrogen-bond donors (Lipinski definition) is 0. The maximum Gasteiger partial charge on any atom is 0.222 e. The largest absolute Gasteiger partial charge is 0.382 e. The number of rotatable bonds is 21. The van der Waals surface area contributed by atoms with Crippen LogP contribution in [0, 0.1) is 11.8 Å². The van der Waals surface area contributed by atoms with Crippen molar-refractivity contribution in [2.24, 2.45) is 11.8 Å². The first kappa shape index (κ1) is 36.1. The molecule has 4 atom stereocenters. The van der Waals surface area contributed by atoms with Crippen LogP contribution < -0.4 is 0 Å². The number of ether oxygens (including phenoxy) is 1. The van der Waals surface area contributed by atoms with Crippen molar-refractivity contribution >= 4 is 75.5 Å². The molecule has 39 heavy (non-hydrogen) atoms. The number of unbranched alkanes of at least 4 members (excludes halogenated alkanes) is 9. The smallest absolute Gasteiger partial charge is 0.222 e. The molecule has 0 N–H and O–H groups in total. The van der Waals surface area contributed by atoms with E-state index < -0.39 is 14.1 Å². The first-order chi connectivity index (χ1) is 18.5. The topological polar surface area (TPSA) is 29.5 Å². The first-order valence-electron chi connectivity index (χ1n) is 15.2. The SMILES string of the molecule is CCCCCCCC[C@H]1[C@H](CCCCCCCC(=O)N(CC)CCCOCC)[C@]2(Cl)C(Cl)=C(Cl)[C@]1(Cl)C2(Cl)Cl. The molecule has 0 aromatic carbocycles. The van der Waals surface area contributed by atoms with E-state index in [1.54, 1.807) is 0 Å². The molecular formula is C30H49Cl6NO2. The molecular weight excluding hydrogens is 619 g/mol. The minimum Gasteiger partial charge on any atom is -0.382 e. The van der Waals surface area contributed by atoms with Crippen molar-refractivity contribution in [1.29, 1.82) is 0 Å². The van der Waals surface area contributed by atoms with Crippen molar-refractivity contribution in [3.05, 3.63) is 10.1 Å². The highest BCUT2D eigenvalue weighted by Gasteiger charge is 2.81. The van der Waals surface area contributed by atoms with E-state index >= 15 is 0 Å². The van der Waals surface area contributed by atoms with Crippen molar-refractivity contribution in [1.82, 2.24) is 4.90 Å². The van der Waals surface area contributed by atoms with E-state index in [1.165, 1.54) is 25.7 Å². The molecule has 9 heteroatoms. The van der Waals surface area contributed by atoms with Crippen molar-refractivity contribution < 1.29 is 9.53 Å². The number of fused-ring (bicyclic) bond motifs is 2. The van der Waals surface area contributed by atoms with Crippen molar-refractivity contribution in [3.63, 3.8) is 0 Å². The quantitative estimate of drug-likeness (QED) is 0.0900. The normalized spacial score (nSPS) is 27.5. The standard InChI is InChI=1S/C30H49Cl6NO2/c1-4-7-8-9-11-14-18-23-24(29(34)27(32)26(31)28(23,33)30(29,35)36)19-15-12-10-13-16-20-25(38)37(5-2)21-17-22-39-6-3/h23-24H,4-22H2,1-3H3/t23-,24-,28-,29-/m0/s1. The summed E-state index contributed by atoms with van der Waals surface area (Å²) >= 11 is 41.5. The summed E-state index contributed by atoms with van der Waals surface area (Å²) in [5.41, 5.74) is 0. The molecule has 0 aromatic heterocycles. The predicted octanol–water partition coefficient (Wildman–Crippen LogP) is 10.8. The molecule has 3 nitrogen and oxygen atoms in total. The maximum absolute atomic E-state index is 12.6. The van der Waals surface area contributed by atoms with Gasteiger partial charge in [0.05, 0.1) is 10.1 Å². The molecule has 0 radical (unpaired) electrons. The summed E-state index contributed by atoms with van der Waals surface area (Å²) in [5.74, 6) is 0.186. The Bertz CT molecular complexity index is 793. The molecule has 228 valence electrons. The molecule has 2 aliphatic rings. The average Bonchev–Trinajstić information content (AvgIpc) is 3.10. The van der Waals surface area contributed by atoms with Crippen LogP contribution in [-0.4, -0.2) is 51.2 Å². The number of halogens is 6. The lowest BCUT2D eigenvalue weighted by Crippen LogP contribution is -2.44. The van der Waals surface area contributed by atoms with E-state index in [2.05, 4.69) is 6.92 Å². The Kier molecular flexibility index (Phi) is 16.0. The highest BCUT2D eigenvalue weighted by atomic mass is 35.5. The molecule has 2 rings (SSSR count). The summed E-state index contributed by atoms with van der Waals surface area (Å²) in [5, 5.41) is 0.636. The van der Waals surface area contributed by atoms with Crippen LogP contribution in [0.1, 0.15) is 117 Å². The van der Waals surface area contributed by atoms with Gasteiger partial charge in [0.25, 0.3) is 0 Å². The van der Waals surface area contributed by atoms with Crippen LogP contribution in [0.25, 0.3) is 0 Å². The number of carbonyl (C=O) groups is 1. The zero-order valence-electron chi connectivity index (χ0n) is 24.1. The number of amides is 1. The summed E-state index contributed by atoms with van der Waals surface area (Å²) in [6.45, 7) is 9.19. The summed E-state index contributed by atoms with van der Waals surface area (Å²) < 4.78 is 3.94. The number of hydrogen-bond acceptors (Lipinski definition) is 2.